The van der Waals surface area contributed by atoms with Crippen LogP contribution in [0.4, 0.5) is 9.18 Å². The normalized spacial score (nSPS) is 16.3. The van der Waals surface area contributed by atoms with Gasteiger partial charge < -0.3 is 10.6 Å². The van der Waals surface area contributed by atoms with Gasteiger partial charge in [0.1, 0.15) is 11.9 Å². The number of hydrogen-bond acceptors (Lipinski definition) is 4. The van der Waals surface area contributed by atoms with Crippen molar-refractivity contribution in [3.8, 4) is 0 Å². The molecule has 2 N–H and O–H groups in total. The van der Waals surface area contributed by atoms with E-state index in [4.69, 9.17) is 0 Å². The Labute approximate surface area is 155 Å². The van der Waals surface area contributed by atoms with E-state index in [0.29, 0.717) is 12.1 Å². The number of benzene rings is 1. The zero-order valence-electron chi connectivity index (χ0n) is 14.5. The molecule has 4 amide bonds. The highest BCUT2D eigenvalue weighted by Gasteiger charge is 2.37. The van der Waals surface area contributed by atoms with Gasteiger partial charge in [0.05, 0.1) is 18.8 Å². The fraction of sp³-hybridized carbons (Fsp3) is 0.263. The maximum absolute atomic E-state index is 13.3. The first-order valence-electron chi connectivity index (χ1n) is 8.56. The summed E-state index contributed by atoms with van der Waals surface area (Å²) in [5, 5.41) is 5.29. The summed E-state index contributed by atoms with van der Waals surface area (Å²) >= 11 is 0. The molecule has 0 spiro atoms. The van der Waals surface area contributed by atoms with Crippen LogP contribution in [-0.2, 0) is 22.7 Å². The van der Waals surface area contributed by atoms with E-state index in [2.05, 4.69) is 15.6 Å². The summed E-state index contributed by atoms with van der Waals surface area (Å²) in [5.41, 5.74) is 1.25. The van der Waals surface area contributed by atoms with Gasteiger partial charge >= 0.3 is 6.03 Å². The zero-order valence-corrected chi connectivity index (χ0v) is 14.5. The van der Waals surface area contributed by atoms with Gasteiger partial charge in [-0.15, -0.1) is 0 Å². The van der Waals surface area contributed by atoms with Gasteiger partial charge in [-0.2, -0.15) is 0 Å². The Balaban J connectivity index is 1.49. The molecule has 1 aliphatic heterocycles. The van der Waals surface area contributed by atoms with E-state index < -0.39 is 23.8 Å². The van der Waals surface area contributed by atoms with Crippen LogP contribution in [0.15, 0.2) is 48.7 Å². The Morgan fingerprint density at radius 2 is 2.07 bits per heavy atom. The quantitative estimate of drug-likeness (QED) is 0.727. The maximum Gasteiger partial charge on any atom is 0.325 e. The standard InChI is InChI=1S/C19H19FN4O3/c20-14-5-3-4-13(10-14)12-24-18(26)16(23-19(24)27)7-8-17(25)22-11-15-6-1-2-9-21-15/h1-6,9-10,16H,7-8,11-12H2,(H,22,25)(H,23,27). The average molecular weight is 370 g/mol. The van der Waals surface area contributed by atoms with Crippen LogP contribution in [0, 0.1) is 5.82 Å². The SMILES string of the molecule is O=C(CCC1NC(=O)N(Cc2cccc(F)c2)C1=O)NCc1ccccn1. The second-order valence-electron chi connectivity index (χ2n) is 6.19. The van der Waals surface area contributed by atoms with Gasteiger partial charge in [-0.25, -0.2) is 9.18 Å². The van der Waals surface area contributed by atoms with Crippen molar-refractivity contribution >= 4 is 17.8 Å². The highest BCUT2D eigenvalue weighted by atomic mass is 19.1. The average Bonchev–Trinajstić information content (AvgIpc) is 2.93. The van der Waals surface area contributed by atoms with Crippen LogP contribution in [0.2, 0.25) is 0 Å². The van der Waals surface area contributed by atoms with Crippen LogP contribution in [0.1, 0.15) is 24.1 Å². The minimum absolute atomic E-state index is 0.00913. The highest BCUT2D eigenvalue weighted by Crippen LogP contribution is 2.15. The molecule has 1 aromatic carbocycles. The van der Waals surface area contributed by atoms with Crippen molar-refractivity contribution in [2.45, 2.75) is 32.0 Å². The van der Waals surface area contributed by atoms with E-state index in [1.807, 2.05) is 6.07 Å². The van der Waals surface area contributed by atoms with Crippen molar-refractivity contribution in [2.75, 3.05) is 0 Å². The smallest absolute Gasteiger partial charge is 0.325 e. The predicted octanol–water partition coefficient (Wildman–Crippen LogP) is 1.74. The number of aromatic nitrogens is 1. The fourth-order valence-corrected chi connectivity index (χ4v) is 2.80. The second-order valence-corrected chi connectivity index (χ2v) is 6.19. The van der Waals surface area contributed by atoms with Gasteiger partial charge in [0.2, 0.25) is 5.91 Å². The number of amides is 4. The van der Waals surface area contributed by atoms with E-state index in [1.165, 1.54) is 18.2 Å². The number of urea groups is 1. The Morgan fingerprint density at radius 1 is 1.22 bits per heavy atom. The van der Waals surface area contributed by atoms with Crippen molar-refractivity contribution < 1.29 is 18.8 Å². The molecule has 3 rings (SSSR count). The molecule has 8 heteroatoms. The van der Waals surface area contributed by atoms with E-state index in [1.54, 1.807) is 24.4 Å². The van der Waals surface area contributed by atoms with Crippen LogP contribution in [0.5, 0.6) is 0 Å². The largest absolute Gasteiger partial charge is 0.350 e. The van der Waals surface area contributed by atoms with Gasteiger partial charge in [0.15, 0.2) is 0 Å². The van der Waals surface area contributed by atoms with Crippen LogP contribution >= 0.6 is 0 Å². The Morgan fingerprint density at radius 3 is 2.81 bits per heavy atom. The summed E-state index contributed by atoms with van der Waals surface area (Å²) < 4.78 is 13.3. The third-order valence-corrected chi connectivity index (χ3v) is 4.19. The van der Waals surface area contributed by atoms with Crippen molar-refractivity contribution in [2.24, 2.45) is 0 Å². The predicted molar refractivity (Wildman–Crippen MR) is 94.6 cm³/mol. The molecule has 1 unspecified atom stereocenters. The molecule has 1 aromatic heterocycles. The van der Waals surface area contributed by atoms with Crippen LogP contribution in [0.3, 0.4) is 0 Å². The summed E-state index contributed by atoms with van der Waals surface area (Å²) in [6, 6.07) is 9.85. The van der Waals surface area contributed by atoms with Gasteiger partial charge in [0.25, 0.3) is 5.91 Å². The lowest BCUT2D eigenvalue weighted by Gasteiger charge is -2.13. The van der Waals surface area contributed by atoms with Crippen molar-refractivity contribution in [3.63, 3.8) is 0 Å². The number of nitrogens with one attached hydrogen (secondary N) is 2. The number of hydrogen-bond donors (Lipinski definition) is 2. The maximum atomic E-state index is 13.3. The first kappa shape index (κ1) is 18.5. The van der Waals surface area contributed by atoms with Crippen molar-refractivity contribution in [3.05, 3.63) is 65.7 Å². The summed E-state index contributed by atoms with van der Waals surface area (Å²) in [6.07, 6.45) is 1.93. The Kier molecular flexibility index (Phi) is 5.75. The molecule has 0 radical (unpaired) electrons. The molecule has 0 bridgehead atoms. The van der Waals surface area contributed by atoms with E-state index in [0.717, 1.165) is 10.6 Å². The molecule has 140 valence electrons. The lowest BCUT2D eigenvalue weighted by molar-refractivity contribution is -0.128. The third-order valence-electron chi connectivity index (χ3n) is 4.19. The molecule has 7 nitrogen and oxygen atoms in total. The van der Waals surface area contributed by atoms with Crippen LogP contribution < -0.4 is 10.6 Å². The number of halogens is 1. The lowest BCUT2D eigenvalue weighted by atomic mass is 10.1. The molecular formula is C19H19FN4O3. The fourth-order valence-electron chi connectivity index (χ4n) is 2.80. The highest BCUT2D eigenvalue weighted by molar-refractivity contribution is 6.04. The summed E-state index contributed by atoms with van der Waals surface area (Å²) in [7, 11) is 0. The first-order chi connectivity index (χ1) is 13.0. The number of carbonyl (C=O) groups excluding carboxylic acids is 3. The number of pyridine rings is 1. The summed E-state index contributed by atoms with van der Waals surface area (Å²) in [4.78, 5) is 41.5. The summed E-state index contributed by atoms with van der Waals surface area (Å²) in [6.45, 7) is 0.293. The minimum atomic E-state index is -0.758. The molecule has 27 heavy (non-hydrogen) atoms. The molecule has 1 fully saturated rings. The number of imide groups is 1. The van der Waals surface area contributed by atoms with E-state index >= 15 is 0 Å². The summed E-state index contributed by atoms with van der Waals surface area (Å²) in [5.74, 6) is -1.08. The molecule has 0 saturated carbocycles. The van der Waals surface area contributed by atoms with Crippen LogP contribution in [-0.4, -0.2) is 33.8 Å². The van der Waals surface area contributed by atoms with Crippen molar-refractivity contribution in [1.29, 1.82) is 0 Å². The molecule has 1 saturated heterocycles. The number of rotatable bonds is 7. The topological polar surface area (TPSA) is 91.4 Å². The minimum Gasteiger partial charge on any atom is -0.350 e. The van der Waals surface area contributed by atoms with E-state index in [-0.39, 0.29) is 25.3 Å². The van der Waals surface area contributed by atoms with Crippen molar-refractivity contribution in [1.82, 2.24) is 20.5 Å². The second kappa shape index (κ2) is 8.39. The number of nitrogens with zero attached hydrogens (tertiary/aromatic N) is 2. The molecule has 0 aliphatic carbocycles. The molecule has 1 atom stereocenters. The third kappa shape index (κ3) is 4.87. The number of carbonyl (C=O) groups is 3. The van der Waals surface area contributed by atoms with Gasteiger partial charge in [-0.3, -0.25) is 19.5 Å². The van der Waals surface area contributed by atoms with Gasteiger partial charge in [-0.05, 0) is 36.2 Å². The van der Waals surface area contributed by atoms with Gasteiger partial charge in [-0.1, -0.05) is 18.2 Å². The monoisotopic (exact) mass is 370 g/mol. The Hall–Kier alpha value is -3.29. The van der Waals surface area contributed by atoms with Gasteiger partial charge in [0, 0.05) is 12.6 Å². The lowest BCUT2D eigenvalue weighted by Crippen LogP contribution is -2.32. The zero-order chi connectivity index (χ0) is 19.2. The Bertz CT molecular complexity index is 844. The first-order valence-corrected chi connectivity index (χ1v) is 8.56. The van der Waals surface area contributed by atoms with Crippen LogP contribution in [0.25, 0.3) is 0 Å². The molecular weight excluding hydrogens is 351 g/mol. The molecule has 2 heterocycles. The molecule has 1 aliphatic rings. The molecule has 2 aromatic rings. The van der Waals surface area contributed by atoms with E-state index in [9.17, 15) is 18.8 Å².